The molecular weight excluding hydrogens is 317 g/mol. The first-order valence-corrected chi connectivity index (χ1v) is 7.15. The largest absolute Gasteiger partial charge is 0.459 e. The summed E-state index contributed by atoms with van der Waals surface area (Å²) in [6.07, 6.45) is 1.32. The van der Waals surface area contributed by atoms with Gasteiger partial charge in [-0.2, -0.15) is 0 Å². The van der Waals surface area contributed by atoms with Crippen molar-refractivity contribution >= 4 is 17.3 Å². The molecule has 3 N–H and O–H groups in total. The summed E-state index contributed by atoms with van der Waals surface area (Å²) in [4.78, 5) is 28.3. The lowest BCUT2D eigenvalue weighted by molar-refractivity contribution is 0.0317. The van der Waals surface area contributed by atoms with Crippen LogP contribution in [0.3, 0.4) is 0 Å². The Morgan fingerprint density at radius 3 is 2.71 bits per heavy atom. The van der Waals surface area contributed by atoms with E-state index >= 15 is 0 Å². The van der Waals surface area contributed by atoms with E-state index in [4.69, 9.17) is 10.6 Å². The molecular formula is C16H18FN3O4. The molecule has 0 spiro atoms. The van der Waals surface area contributed by atoms with Gasteiger partial charge in [0.2, 0.25) is 0 Å². The first kappa shape index (κ1) is 17.6. The average Bonchev–Trinajstić information content (AvgIpc) is 2.53. The molecule has 1 aromatic carbocycles. The second-order valence-electron chi connectivity index (χ2n) is 5.16. The summed E-state index contributed by atoms with van der Waals surface area (Å²) in [5.41, 5.74) is 0.789. The molecule has 0 aliphatic carbocycles. The Bertz CT molecular complexity index is 804. The van der Waals surface area contributed by atoms with E-state index in [1.54, 1.807) is 13.0 Å². The zero-order chi connectivity index (χ0) is 17.7. The quantitative estimate of drug-likeness (QED) is 0.473. The minimum absolute atomic E-state index is 0.0346. The number of hydrogen-bond acceptors (Lipinski definition) is 6. The number of nitrogens with one attached hydrogen (secondary N) is 1. The number of anilines is 2. The van der Waals surface area contributed by atoms with Crippen LogP contribution in [0.4, 0.5) is 15.8 Å². The summed E-state index contributed by atoms with van der Waals surface area (Å²) in [5.74, 6) is 3.69. The number of aromatic nitrogens is 1. The molecule has 2 rings (SSSR count). The summed E-state index contributed by atoms with van der Waals surface area (Å²) in [7, 11) is 1.50. The third-order valence-corrected chi connectivity index (χ3v) is 3.28. The number of pyridine rings is 1. The number of rotatable bonds is 6. The molecule has 1 heterocycles. The summed E-state index contributed by atoms with van der Waals surface area (Å²) in [6.45, 7) is 1.75. The molecule has 0 saturated heterocycles. The molecule has 2 aromatic rings. The van der Waals surface area contributed by atoms with Crippen LogP contribution in [0.15, 0.2) is 35.3 Å². The van der Waals surface area contributed by atoms with Crippen molar-refractivity contribution in [3.05, 3.63) is 57.8 Å². The van der Waals surface area contributed by atoms with Crippen LogP contribution in [-0.2, 0) is 16.6 Å². The van der Waals surface area contributed by atoms with E-state index in [0.717, 1.165) is 5.56 Å². The van der Waals surface area contributed by atoms with Crippen molar-refractivity contribution < 1.29 is 18.8 Å². The standard InChI is InChI=1S/C16H18FN3O4/c1-10-3-4-13(12(17)7-10)19-14-8-15(21)20(2)9-11(14)16(22)23-5-6-24-18/h3-4,7-9,19H,5-6,18H2,1-2H3. The van der Waals surface area contributed by atoms with Gasteiger partial charge in [0.15, 0.2) is 0 Å². The second-order valence-corrected chi connectivity index (χ2v) is 5.16. The van der Waals surface area contributed by atoms with Crippen LogP contribution in [0.2, 0.25) is 0 Å². The highest BCUT2D eigenvalue weighted by Gasteiger charge is 2.16. The number of hydrogen-bond donors (Lipinski definition) is 2. The summed E-state index contributed by atoms with van der Waals surface area (Å²) >= 11 is 0. The maximum Gasteiger partial charge on any atom is 0.341 e. The maximum atomic E-state index is 14.0. The zero-order valence-corrected chi connectivity index (χ0v) is 13.3. The van der Waals surface area contributed by atoms with Crippen molar-refractivity contribution in [2.24, 2.45) is 12.9 Å². The lowest BCUT2D eigenvalue weighted by Crippen LogP contribution is -2.21. The topological polar surface area (TPSA) is 95.6 Å². The maximum absolute atomic E-state index is 14.0. The van der Waals surface area contributed by atoms with Crippen molar-refractivity contribution in [1.29, 1.82) is 0 Å². The van der Waals surface area contributed by atoms with Gasteiger partial charge in [-0.05, 0) is 24.6 Å². The van der Waals surface area contributed by atoms with E-state index < -0.39 is 11.8 Å². The van der Waals surface area contributed by atoms with Crippen molar-refractivity contribution in [1.82, 2.24) is 4.57 Å². The summed E-state index contributed by atoms with van der Waals surface area (Å²) < 4.78 is 20.2. The number of carbonyl (C=O) groups excluding carboxylic acids is 1. The van der Waals surface area contributed by atoms with Crippen LogP contribution in [0.25, 0.3) is 0 Å². The Kier molecular flexibility index (Phi) is 5.67. The Morgan fingerprint density at radius 1 is 1.29 bits per heavy atom. The predicted molar refractivity (Wildman–Crippen MR) is 86.5 cm³/mol. The Morgan fingerprint density at radius 2 is 2.04 bits per heavy atom. The van der Waals surface area contributed by atoms with Crippen molar-refractivity contribution in [2.75, 3.05) is 18.5 Å². The van der Waals surface area contributed by atoms with Gasteiger partial charge in [-0.3, -0.25) is 4.79 Å². The van der Waals surface area contributed by atoms with Crippen LogP contribution in [0.1, 0.15) is 15.9 Å². The van der Waals surface area contributed by atoms with Crippen LogP contribution >= 0.6 is 0 Å². The van der Waals surface area contributed by atoms with Crippen LogP contribution < -0.4 is 16.8 Å². The number of esters is 1. The molecule has 0 atom stereocenters. The van der Waals surface area contributed by atoms with E-state index in [1.165, 1.54) is 36.0 Å². The highest BCUT2D eigenvalue weighted by molar-refractivity contribution is 5.96. The number of benzene rings is 1. The molecule has 0 unspecified atom stereocenters. The van der Waals surface area contributed by atoms with E-state index in [0.29, 0.717) is 0 Å². The zero-order valence-electron chi connectivity index (χ0n) is 13.3. The van der Waals surface area contributed by atoms with Gasteiger partial charge in [0.05, 0.1) is 16.9 Å². The molecule has 0 aliphatic rings. The summed E-state index contributed by atoms with van der Waals surface area (Å²) in [6, 6.07) is 5.79. The molecule has 0 saturated carbocycles. The normalized spacial score (nSPS) is 10.5. The first-order valence-electron chi connectivity index (χ1n) is 7.15. The number of nitrogens with zero attached hydrogens (tertiary/aromatic N) is 1. The van der Waals surface area contributed by atoms with Gasteiger partial charge >= 0.3 is 5.97 Å². The van der Waals surface area contributed by atoms with E-state index in [2.05, 4.69) is 10.2 Å². The number of halogens is 1. The monoisotopic (exact) mass is 335 g/mol. The smallest absolute Gasteiger partial charge is 0.341 e. The average molecular weight is 335 g/mol. The van der Waals surface area contributed by atoms with Gasteiger partial charge < -0.3 is 19.5 Å². The number of nitrogens with two attached hydrogens (primary N) is 1. The molecule has 0 aliphatic heterocycles. The fourth-order valence-electron chi connectivity index (χ4n) is 2.02. The van der Waals surface area contributed by atoms with E-state index in [-0.39, 0.29) is 35.7 Å². The van der Waals surface area contributed by atoms with Gasteiger partial charge in [0, 0.05) is 19.3 Å². The lowest BCUT2D eigenvalue weighted by atomic mass is 10.2. The summed E-state index contributed by atoms with van der Waals surface area (Å²) in [5, 5.41) is 2.76. The molecule has 1 aromatic heterocycles. The third-order valence-electron chi connectivity index (χ3n) is 3.28. The molecule has 0 fully saturated rings. The van der Waals surface area contributed by atoms with E-state index in [1.807, 2.05) is 0 Å². The minimum Gasteiger partial charge on any atom is -0.459 e. The van der Waals surface area contributed by atoms with Gasteiger partial charge in [0.25, 0.3) is 5.56 Å². The lowest BCUT2D eigenvalue weighted by Gasteiger charge is -2.13. The van der Waals surface area contributed by atoms with Gasteiger partial charge in [0.1, 0.15) is 19.0 Å². The van der Waals surface area contributed by atoms with Crippen molar-refractivity contribution in [3.63, 3.8) is 0 Å². The molecule has 8 heteroatoms. The predicted octanol–water partition coefficient (Wildman–Crippen LogP) is 1.62. The molecule has 0 bridgehead atoms. The van der Waals surface area contributed by atoms with Gasteiger partial charge in [-0.25, -0.2) is 15.1 Å². The molecule has 0 radical (unpaired) electrons. The van der Waals surface area contributed by atoms with Crippen LogP contribution in [-0.4, -0.2) is 23.8 Å². The number of carbonyl (C=O) groups is 1. The molecule has 128 valence electrons. The Balaban J connectivity index is 2.35. The molecule has 24 heavy (non-hydrogen) atoms. The first-order chi connectivity index (χ1) is 11.4. The highest BCUT2D eigenvalue weighted by atomic mass is 19.1. The minimum atomic E-state index is -0.683. The number of aryl methyl sites for hydroxylation is 2. The number of ether oxygens (including phenoxy) is 1. The van der Waals surface area contributed by atoms with Crippen LogP contribution in [0, 0.1) is 12.7 Å². The second kappa shape index (κ2) is 7.71. The highest BCUT2D eigenvalue weighted by Crippen LogP contribution is 2.23. The van der Waals surface area contributed by atoms with Crippen LogP contribution in [0.5, 0.6) is 0 Å². The Hall–Kier alpha value is -2.71. The van der Waals surface area contributed by atoms with Crippen molar-refractivity contribution in [2.45, 2.75) is 6.92 Å². The fourth-order valence-corrected chi connectivity index (χ4v) is 2.02. The van der Waals surface area contributed by atoms with E-state index in [9.17, 15) is 14.0 Å². The van der Waals surface area contributed by atoms with Gasteiger partial charge in [-0.15, -0.1) is 0 Å². The third kappa shape index (κ3) is 4.18. The SMILES string of the molecule is Cc1ccc(Nc2cc(=O)n(C)cc2C(=O)OCCON)c(F)c1. The van der Waals surface area contributed by atoms with Gasteiger partial charge in [-0.1, -0.05) is 6.07 Å². The molecule has 0 amide bonds. The molecule has 7 nitrogen and oxygen atoms in total. The Labute approximate surface area is 137 Å². The van der Waals surface area contributed by atoms with Crippen molar-refractivity contribution in [3.8, 4) is 0 Å². The fraction of sp³-hybridized carbons (Fsp3) is 0.250.